The van der Waals surface area contributed by atoms with Crippen LogP contribution in [-0.4, -0.2) is 46.3 Å². The van der Waals surface area contributed by atoms with Crippen LogP contribution in [0.2, 0.25) is 0 Å². The molecule has 1 aliphatic rings. The molecule has 0 radical (unpaired) electrons. The fraction of sp³-hybridized carbons (Fsp3) is 0.909. The van der Waals surface area contributed by atoms with Crippen LogP contribution in [0.3, 0.4) is 0 Å². The number of likely N-dealkylation sites (tertiary alicyclic amines) is 1. The summed E-state index contributed by atoms with van der Waals surface area (Å²) in [5.74, 6) is -1.57. The zero-order valence-electron chi connectivity index (χ0n) is 9.57. The maximum absolute atomic E-state index is 10.8. The minimum Gasteiger partial charge on any atom is -0.481 e. The number of carbonyl (C=O) groups is 1. The average molecular weight is 215 g/mol. The van der Waals surface area contributed by atoms with Gasteiger partial charge in [0.05, 0.1) is 11.5 Å². The third-order valence-corrected chi connectivity index (χ3v) is 3.44. The van der Waals surface area contributed by atoms with E-state index in [4.69, 9.17) is 5.11 Å². The zero-order valence-corrected chi connectivity index (χ0v) is 9.57. The van der Waals surface area contributed by atoms with Gasteiger partial charge >= 0.3 is 5.97 Å². The normalized spacial score (nSPS) is 23.7. The highest BCUT2D eigenvalue weighted by molar-refractivity contribution is 5.71. The van der Waals surface area contributed by atoms with Crippen molar-refractivity contribution >= 4 is 5.97 Å². The molecule has 0 aliphatic carbocycles. The third kappa shape index (κ3) is 2.92. The number of rotatable bonds is 4. The Morgan fingerprint density at radius 1 is 1.47 bits per heavy atom. The number of hydrogen-bond donors (Lipinski definition) is 2. The van der Waals surface area contributed by atoms with Gasteiger partial charge in [-0.2, -0.15) is 0 Å². The van der Waals surface area contributed by atoms with Crippen molar-refractivity contribution in [3.05, 3.63) is 0 Å². The lowest BCUT2D eigenvalue weighted by Crippen LogP contribution is -2.50. The summed E-state index contributed by atoms with van der Waals surface area (Å²) in [4.78, 5) is 13.1. The van der Waals surface area contributed by atoms with Crippen molar-refractivity contribution in [3.8, 4) is 0 Å². The van der Waals surface area contributed by atoms with Crippen molar-refractivity contribution in [2.75, 3.05) is 19.6 Å². The van der Waals surface area contributed by atoms with Crippen LogP contribution >= 0.6 is 0 Å². The van der Waals surface area contributed by atoms with Crippen molar-refractivity contribution in [3.63, 3.8) is 0 Å². The summed E-state index contributed by atoms with van der Waals surface area (Å²) in [5, 5.41) is 19.1. The molecule has 0 aromatic carbocycles. The molecule has 0 aromatic heterocycles. The molecule has 0 aromatic rings. The fourth-order valence-electron chi connectivity index (χ4n) is 2.14. The molecule has 1 saturated heterocycles. The van der Waals surface area contributed by atoms with Crippen LogP contribution in [0, 0.1) is 5.92 Å². The second-order valence-corrected chi connectivity index (χ2v) is 4.51. The summed E-state index contributed by atoms with van der Waals surface area (Å²) in [6.45, 7) is 6.37. The first-order valence-electron chi connectivity index (χ1n) is 5.67. The summed E-state index contributed by atoms with van der Waals surface area (Å²) in [6.07, 6.45) is 2.24. The number of carboxylic acid groups (broad SMARTS) is 1. The Bertz CT molecular complexity index is 222. The molecule has 1 rings (SSSR count). The van der Waals surface area contributed by atoms with E-state index in [1.54, 1.807) is 6.92 Å². The highest BCUT2D eigenvalue weighted by Gasteiger charge is 2.40. The molecule has 0 bridgehead atoms. The largest absolute Gasteiger partial charge is 0.481 e. The minimum absolute atomic E-state index is 0.570. The van der Waals surface area contributed by atoms with Crippen molar-refractivity contribution in [1.82, 2.24) is 4.90 Å². The van der Waals surface area contributed by atoms with Crippen molar-refractivity contribution < 1.29 is 15.0 Å². The van der Waals surface area contributed by atoms with Gasteiger partial charge in [0.1, 0.15) is 0 Å². The first kappa shape index (κ1) is 12.5. The molecule has 2 N–H and O–H groups in total. The second kappa shape index (κ2) is 4.94. The Balaban J connectivity index is 2.50. The standard InChI is InChI=1S/C11H21NO3/c1-3-6-12-7-4-11(15,5-8-12)9(2)10(13)14/h9,15H,3-8H2,1-2H3,(H,13,14). The van der Waals surface area contributed by atoms with Gasteiger partial charge in [0.2, 0.25) is 0 Å². The Morgan fingerprint density at radius 3 is 2.40 bits per heavy atom. The molecule has 15 heavy (non-hydrogen) atoms. The number of aliphatic carboxylic acids is 1. The third-order valence-electron chi connectivity index (χ3n) is 3.44. The molecule has 0 amide bonds. The number of hydrogen-bond acceptors (Lipinski definition) is 3. The predicted molar refractivity (Wildman–Crippen MR) is 57.7 cm³/mol. The number of aliphatic hydroxyl groups is 1. The van der Waals surface area contributed by atoms with Gasteiger partial charge in [0.15, 0.2) is 0 Å². The van der Waals surface area contributed by atoms with Crippen LogP contribution in [0.1, 0.15) is 33.1 Å². The lowest BCUT2D eigenvalue weighted by molar-refractivity contribution is -0.154. The van der Waals surface area contributed by atoms with Gasteiger partial charge in [-0.3, -0.25) is 4.79 Å². The molecule has 4 nitrogen and oxygen atoms in total. The van der Waals surface area contributed by atoms with Gasteiger partial charge < -0.3 is 15.1 Å². The van der Waals surface area contributed by atoms with E-state index in [1.165, 1.54) is 0 Å². The highest BCUT2D eigenvalue weighted by atomic mass is 16.4. The molecule has 4 heteroatoms. The Labute approximate surface area is 90.9 Å². The molecule has 0 spiro atoms. The van der Waals surface area contributed by atoms with Crippen LogP contribution in [0.5, 0.6) is 0 Å². The molecular formula is C11H21NO3. The molecule has 88 valence electrons. The van der Waals surface area contributed by atoms with Crippen LogP contribution in [0.25, 0.3) is 0 Å². The summed E-state index contributed by atoms with van der Waals surface area (Å²) in [6, 6.07) is 0. The van der Waals surface area contributed by atoms with E-state index < -0.39 is 17.5 Å². The molecule has 1 fully saturated rings. The predicted octanol–water partition coefficient (Wildman–Crippen LogP) is 0.944. The summed E-state index contributed by atoms with van der Waals surface area (Å²) in [5.41, 5.74) is -1.00. The molecule has 1 unspecified atom stereocenters. The van der Waals surface area contributed by atoms with Crippen LogP contribution in [-0.2, 0) is 4.79 Å². The lowest BCUT2D eigenvalue weighted by atomic mass is 9.80. The SMILES string of the molecule is CCCN1CCC(O)(C(C)C(=O)O)CC1. The summed E-state index contributed by atoms with van der Waals surface area (Å²) < 4.78 is 0. The van der Waals surface area contributed by atoms with E-state index in [2.05, 4.69) is 11.8 Å². The van der Waals surface area contributed by atoms with Gasteiger partial charge in [0.25, 0.3) is 0 Å². The maximum atomic E-state index is 10.8. The molecular weight excluding hydrogens is 194 g/mol. The first-order chi connectivity index (χ1) is 6.99. The van der Waals surface area contributed by atoms with E-state index in [1.807, 2.05) is 0 Å². The summed E-state index contributed by atoms with van der Waals surface area (Å²) in [7, 11) is 0. The minimum atomic E-state index is -1.00. The van der Waals surface area contributed by atoms with Crippen molar-refractivity contribution in [2.45, 2.75) is 38.7 Å². The van der Waals surface area contributed by atoms with E-state index in [0.717, 1.165) is 26.1 Å². The average Bonchev–Trinajstić information content (AvgIpc) is 2.21. The van der Waals surface area contributed by atoms with Gasteiger partial charge in [-0.15, -0.1) is 0 Å². The first-order valence-corrected chi connectivity index (χ1v) is 5.67. The fourth-order valence-corrected chi connectivity index (χ4v) is 2.14. The second-order valence-electron chi connectivity index (χ2n) is 4.51. The molecule has 1 heterocycles. The Hall–Kier alpha value is -0.610. The van der Waals surface area contributed by atoms with E-state index >= 15 is 0 Å². The van der Waals surface area contributed by atoms with Gasteiger partial charge in [-0.1, -0.05) is 6.92 Å². The molecule has 1 aliphatic heterocycles. The number of carboxylic acids is 1. The van der Waals surface area contributed by atoms with Crippen molar-refractivity contribution in [1.29, 1.82) is 0 Å². The lowest BCUT2D eigenvalue weighted by Gasteiger charge is -2.40. The smallest absolute Gasteiger partial charge is 0.309 e. The van der Waals surface area contributed by atoms with Crippen LogP contribution < -0.4 is 0 Å². The van der Waals surface area contributed by atoms with Crippen molar-refractivity contribution in [2.24, 2.45) is 5.92 Å². The van der Waals surface area contributed by atoms with Gasteiger partial charge in [0, 0.05) is 13.1 Å². The zero-order chi connectivity index (χ0) is 11.5. The van der Waals surface area contributed by atoms with Gasteiger partial charge in [-0.25, -0.2) is 0 Å². The number of piperidine rings is 1. The van der Waals surface area contributed by atoms with E-state index in [0.29, 0.717) is 12.8 Å². The summed E-state index contributed by atoms with van der Waals surface area (Å²) >= 11 is 0. The van der Waals surface area contributed by atoms with E-state index in [9.17, 15) is 9.90 Å². The van der Waals surface area contributed by atoms with Crippen LogP contribution in [0.15, 0.2) is 0 Å². The maximum Gasteiger partial charge on any atom is 0.309 e. The Morgan fingerprint density at radius 2 is 2.00 bits per heavy atom. The molecule has 1 atom stereocenters. The monoisotopic (exact) mass is 215 g/mol. The molecule has 0 saturated carbocycles. The number of nitrogens with zero attached hydrogens (tertiary/aromatic N) is 1. The van der Waals surface area contributed by atoms with Crippen LogP contribution in [0.4, 0.5) is 0 Å². The topological polar surface area (TPSA) is 60.8 Å². The van der Waals surface area contributed by atoms with E-state index in [-0.39, 0.29) is 0 Å². The Kier molecular flexibility index (Phi) is 4.11. The quantitative estimate of drug-likeness (QED) is 0.733. The highest BCUT2D eigenvalue weighted by Crippen LogP contribution is 2.29. The van der Waals surface area contributed by atoms with Gasteiger partial charge in [-0.05, 0) is 32.7 Å².